The lowest BCUT2D eigenvalue weighted by Gasteiger charge is -2.23. The number of nitrogens with zero attached hydrogens (tertiary/aromatic N) is 1. The van der Waals surface area contributed by atoms with Gasteiger partial charge in [-0.2, -0.15) is 0 Å². The molecule has 0 radical (unpaired) electrons. The molecule has 17 heavy (non-hydrogen) atoms. The van der Waals surface area contributed by atoms with Crippen molar-refractivity contribution in [2.75, 3.05) is 40.5 Å². The zero-order valence-corrected chi connectivity index (χ0v) is 11.5. The fraction of sp³-hybridized carbons (Fsp3) is 0.917. The van der Waals surface area contributed by atoms with Gasteiger partial charge in [0.2, 0.25) is 5.91 Å². The number of hydrogen-bond donors (Lipinski definition) is 1. The maximum absolute atomic E-state index is 11.6. The van der Waals surface area contributed by atoms with Gasteiger partial charge in [-0.1, -0.05) is 0 Å². The van der Waals surface area contributed by atoms with Crippen LogP contribution in [0.4, 0.5) is 0 Å². The van der Waals surface area contributed by atoms with E-state index in [4.69, 9.17) is 15.2 Å². The minimum Gasteiger partial charge on any atom is -0.379 e. The summed E-state index contributed by atoms with van der Waals surface area (Å²) in [4.78, 5) is 13.2. The molecule has 0 spiro atoms. The van der Waals surface area contributed by atoms with E-state index in [1.807, 2.05) is 13.8 Å². The highest BCUT2D eigenvalue weighted by atomic mass is 16.5. The zero-order chi connectivity index (χ0) is 13.3. The predicted molar refractivity (Wildman–Crippen MR) is 67.8 cm³/mol. The van der Waals surface area contributed by atoms with Crippen molar-refractivity contribution in [3.8, 4) is 0 Å². The molecule has 0 aliphatic rings. The normalized spacial score (nSPS) is 11.6. The Morgan fingerprint density at radius 2 is 2.06 bits per heavy atom. The number of nitrogens with two attached hydrogens (primary N) is 1. The predicted octanol–water partition coefficient (Wildman–Crippen LogP) is 0.625. The number of likely N-dealkylation sites (N-methyl/N-ethyl adjacent to an activating group) is 1. The minimum atomic E-state index is -0.200. The number of carbonyl (C=O) groups excluding carboxylic acids is 1. The number of rotatable bonds is 9. The van der Waals surface area contributed by atoms with Gasteiger partial charge in [0, 0.05) is 27.3 Å². The molecule has 0 aromatic heterocycles. The molecule has 1 amide bonds. The summed E-state index contributed by atoms with van der Waals surface area (Å²) in [6.07, 6.45) is 1.59. The Hall–Kier alpha value is -0.650. The molecular weight excluding hydrogens is 220 g/mol. The summed E-state index contributed by atoms with van der Waals surface area (Å²) in [5, 5.41) is 0. The van der Waals surface area contributed by atoms with Crippen LogP contribution in [0.25, 0.3) is 0 Å². The third kappa shape index (κ3) is 8.12. The van der Waals surface area contributed by atoms with Gasteiger partial charge in [-0.15, -0.1) is 0 Å². The first-order chi connectivity index (χ1) is 7.93. The highest BCUT2D eigenvalue weighted by molar-refractivity contribution is 5.77. The Morgan fingerprint density at radius 1 is 1.41 bits per heavy atom. The van der Waals surface area contributed by atoms with Gasteiger partial charge in [0.15, 0.2) is 0 Å². The molecule has 5 heteroatoms. The topological polar surface area (TPSA) is 64.8 Å². The quantitative estimate of drug-likeness (QED) is 0.606. The van der Waals surface area contributed by atoms with Gasteiger partial charge in [-0.25, -0.2) is 0 Å². The highest BCUT2D eigenvalue weighted by Gasteiger charge is 2.16. The molecule has 0 heterocycles. The second kappa shape index (κ2) is 8.44. The summed E-state index contributed by atoms with van der Waals surface area (Å²) in [5.74, 6) is -0.00586. The number of carbonyl (C=O) groups is 1. The fourth-order valence-electron chi connectivity index (χ4n) is 1.14. The molecular formula is C12H26N2O3. The summed E-state index contributed by atoms with van der Waals surface area (Å²) in [7, 11) is 3.44. The molecule has 102 valence electrons. The van der Waals surface area contributed by atoms with E-state index in [1.165, 1.54) is 0 Å². The van der Waals surface area contributed by atoms with E-state index in [0.29, 0.717) is 19.7 Å². The van der Waals surface area contributed by atoms with Crippen molar-refractivity contribution >= 4 is 5.91 Å². The first-order valence-corrected chi connectivity index (χ1v) is 6.00. The van der Waals surface area contributed by atoms with Crippen LogP contribution in [0.5, 0.6) is 0 Å². The van der Waals surface area contributed by atoms with Crippen LogP contribution in [-0.4, -0.2) is 56.9 Å². The van der Waals surface area contributed by atoms with Crippen LogP contribution in [0, 0.1) is 0 Å². The van der Waals surface area contributed by atoms with E-state index >= 15 is 0 Å². The van der Waals surface area contributed by atoms with Gasteiger partial charge in [0.1, 0.15) is 6.61 Å². The molecule has 2 N–H and O–H groups in total. The molecule has 0 fully saturated rings. The Morgan fingerprint density at radius 3 is 2.59 bits per heavy atom. The van der Waals surface area contributed by atoms with Crippen LogP contribution in [0.3, 0.4) is 0 Å². The van der Waals surface area contributed by atoms with Crippen LogP contribution in [-0.2, 0) is 14.3 Å². The van der Waals surface area contributed by atoms with Crippen molar-refractivity contribution in [1.82, 2.24) is 4.90 Å². The molecule has 0 bridgehead atoms. The van der Waals surface area contributed by atoms with E-state index in [0.717, 1.165) is 12.8 Å². The van der Waals surface area contributed by atoms with Crippen LogP contribution in [0.2, 0.25) is 0 Å². The molecule has 0 unspecified atom stereocenters. The van der Waals surface area contributed by atoms with Crippen molar-refractivity contribution in [3.05, 3.63) is 0 Å². The van der Waals surface area contributed by atoms with E-state index in [-0.39, 0.29) is 18.1 Å². The largest absolute Gasteiger partial charge is 0.379 e. The number of methoxy groups -OCH3 is 1. The fourth-order valence-corrected chi connectivity index (χ4v) is 1.14. The smallest absolute Gasteiger partial charge is 0.248 e. The second-order valence-corrected chi connectivity index (χ2v) is 4.72. The Labute approximate surface area is 104 Å². The average Bonchev–Trinajstić information content (AvgIpc) is 2.31. The maximum atomic E-state index is 11.6. The molecule has 0 aromatic carbocycles. The second-order valence-electron chi connectivity index (χ2n) is 4.72. The number of amides is 1. The van der Waals surface area contributed by atoms with Crippen molar-refractivity contribution in [2.24, 2.45) is 5.73 Å². The summed E-state index contributed by atoms with van der Waals surface area (Å²) >= 11 is 0. The van der Waals surface area contributed by atoms with E-state index in [9.17, 15) is 4.79 Å². The van der Waals surface area contributed by atoms with Gasteiger partial charge in [-0.3, -0.25) is 4.79 Å². The Kier molecular flexibility index (Phi) is 8.12. The maximum Gasteiger partial charge on any atom is 0.248 e. The van der Waals surface area contributed by atoms with Crippen molar-refractivity contribution in [2.45, 2.75) is 32.3 Å². The summed E-state index contributed by atoms with van der Waals surface area (Å²) < 4.78 is 10.6. The zero-order valence-electron chi connectivity index (χ0n) is 11.5. The standard InChI is InChI=1S/C12H26N2O3/c1-12(2,16-4)6-9-17-10-11(15)14(3)8-5-7-13/h5-10,13H2,1-4H3. The lowest BCUT2D eigenvalue weighted by Crippen LogP contribution is -2.33. The van der Waals surface area contributed by atoms with Crippen molar-refractivity contribution in [3.63, 3.8) is 0 Å². The summed E-state index contributed by atoms with van der Waals surface area (Å²) in [6, 6.07) is 0. The van der Waals surface area contributed by atoms with Gasteiger partial charge >= 0.3 is 0 Å². The molecule has 0 atom stereocenters. The highest BCUT2D eigenvalue weighted by Crippen LogP contribution is 2.12. The molecule has 0 aliphatic carbocycles. The van der Waals surface area contributed by atoms with Crippen LogP contribution >= 0.6 is 0 Å². The van der Waals surface area contributed by atoms with E-state index in [1.54, 1.807) is 19.1 Å². The molecule has 0 saturated heterocycles. The van der Waals surface area contributed by atoms with Crippen molar-refractivity contribution in [1.29, 1.82) is 0 Å². The van der Waals surface area contributed by atoms with Crippen LogP contribution in [0.1, 0.15) is 26.7 Å². The third-order valence-corrected chi connectivity index (χ3v) is 2.75. The van der Waals surface area contributed by atoms with Gasteiger partial charge in [-0.05, 0) is 33.2 Å². The first-order valence-electron chi connectivity index (χ1n) is 6.00. The summed E-state index contributed by atoms with van der Waals surface area (Å²) in [6.45, 7) is 5.91. The summed E-state index contributed by atoms with van der Waals surface area (Å²) in [5.41, 5.74) is 5.18. The third-order valence-electron chi connectivity index (χ3n) is 2.75. The number of hydrogen-bond acceptors (Lipinski definition) is 4. The van der Waals surface area contributed by atoms with Gasteiger partial charge < -0.3 is 20.1 Å². The lowest BCUT2D eigenvalue weighted by molar-refractivity contribution is -0.135. The molecule has 0 aromatic rings. The van der Waals surface area contributed by atoms with Gasteiger partial charge in [0.05, 0.1) is 5.60 Å². The van der Waals surface area contributed by atoms with Gasteiger partial charge in [0.25, 0.3) is 0 Å². The van der Waals surface area contributed by atoms with Crippen molar-refractivity contribution < 1.29 is 14.3 Å². The molecule has 0 rings (SSSR count). The minimum absolute atomic E-state index is 0.00586. The Balaban J connectivity index is 3.64. The SMILES string of the molecule is COC(C)(C)CCOCC(=O)N(C)CCCN. The Bertz CT molecular complexity index is 220. The van der Waals surface area contributed by atoms with E-state index < -0.39 is 0 Å². The monoisotopic (exact) mass is 246 g/mol. The van der Waals surface area contributed by atoms with E-state index in [2.05, 4.69) is 0 Å². The molecule has 0 aliphatic heterocycles. The molecule has 5 nitrogen and oxygen atoms in total. The first kappa shape index (κ1) is 16.4. The van der Waals surface area contributed by atoms with Crippen LogP contribution < -0.4 is 5.73 Å². The lowest BCUT2D eigenvalue weighted by atomic mass is 10.1. The number of ether oxygens (including phenoxy) is 2. The average molecular weight is 246 g/mol. The molecule has 0 saturated carbocycles. The van der Waals surface area contributed by atoms with Crippen LogP contribution in [0.15, 0.2) is 0 Å².